The first kappa shape index (κ1) is 25.4. The minimum Gasteiger partial charge on any atom is -0.444 e. The Labute approximate surface area is 200 Å². The normalized spacial score (nSPS) is 22.2. The van der Waals surface area contributed by atoms with E-state index in [1.807, 2.05) is 31.7 Å². The standard InChI is InChI=1S/C25H41ClN2O3Si/c1-24(2,3)31-23(29)28-16-20(15-21(28)17-30-32(7,8)25(4,5)6)27-13-9-10-18-14-19(26)11-12-22(18)27/h11-12,14,20-21H,9-10,13,15-17H2,1-8H3/t20-,21-/m0/s1. The van der Waals surface area contributed by atoms with Crippen molar-refractivity contribution in [3.8, 4) is 0 Å². The Hall–Kier alpha value is -1.24. The van der Waals surface area contributed by atoms with E-state index in [1.54, 1.807) is 0 Å². The maximum Gasteiger partial charge on any atom is 0.410 e. The van der Waals surface area contributed by atoms with Crippen molar-refractivity contribution in [2.75, 3.05) is 24.6 Å². The van der Waals surface area contributed by atoms with Crippen LogP contribution in [-0.4, -0.2) is 56.7 Å². The third kappa shape index (κ3) is 5.81. The van der Waals surface area contributed by atoms with E-state index in [0.29, 0.717) is 13.2 Å². The second-order valence-corrected chi connectivity index (χ2v) is 17.1. The first-order valence-corrected chi connectivity index (χ1v) is 15.2. The van der Waals surface area contributed by atoms with E-state index in [-0.39, 0.29) is 23.2 Å². The maximum atomic E-state index is 13.1. The number of likely N-dealkylation sites (tertiary alicyclic amines) is 1. The van der Waals surface area contributed by atoms with Crippen molar-refractivity contribution >= 4 is 31.7 Å². The Morgan fingerprint density at radius 1 is 1.19 bits per heavy atom. The van der Waals surface area contributed by atoms with Crippen LogP contribution >= 0.6 is 11.6 Å². The Bertz CT molecular complexity index is 831. The van der Waals surface area contributed by atoms with Gasteiger partial charge in [-0.2, -0.15) is 0 Å². The van der Waals surface area contributed by atoms with Gasteiger partial charge in [-0.15, -0.1) is 0 Å². The molecule has 3 rings (SSSR count). The predicted molar refractivity (Wildman–Crippen MR) is 135 cm³/mol. The molecule has 0 aliphatic carbocycles. The van der Waals surface area contributed by atoms with Crippen LogP contribution in [0.3, 0.4) is 0 Å². The molecule has 180 valence electrons. The van der Waals surface area contributed by atoms with Gasteiger partial charge in [0, 0.05) is 29.8 Å². The molecule has 0 spiro atoms. The number of hydrogen-bond donors (Lipinski definition) is 0. The highest BCUT2D eigenvalue weighted by atomic mass is 35.5. The molecule has 0 N–H and O–H groups in total. The number of amides is 1. The molecule has 0 unspecified atom stereocenters. The third-order valence-corrected chi connectivity index (χ3v) is 11.8. The molecule has 0 aromatic heterocycles. The zero-order valence-corrected chi connectivity index (χ0v) is 22.9. The maximum absolute atomic E-state index is 13.1. The Morgan fingerprint density at radius 2 is 1.88 bits per heavy atom. The number of rotatable bonds is 4. The van der Waals surface area contributed by atoms with Crippen molar-refractivity contribution in [2.24, 2.45) is 0 Å². The van der Waals surface area contributed by atoms with Gasteiger partial charge in [-0.05, 0) is 81.9 Å². The number of carbonyl (C=O) groups is 1. The quantitative estimate of drug-likeness (QED) is 0.461. The van der Waals surface area contributed by atoms with Gasteiger partial charge < -0.3 is 19.0 Å². The molecule has 0 radical (unpaired) electrons. The van der Waals surface area contributed by atoms with Crippen molar-refractivity contribution in [1.82, 2.24) is 4.90 Å². The van der Waals surface area contributed by atoms with Gasteiger partial charge in [0.15, 0.2) is 8.32 Å². The van der Waals surface area contributed by atoms with E-state index in [4.69, 9.17) is 20.8 Å². The molecule has 2 atom stereocenters. The summed E-state index contributed by atoms with van der Waals surface area (Å²) < 4.78 is 12.3. The van der Waals surface area contributed by atoms with Crippen molar-refractivity contribution in [3.05, 3.63) is 28.8 Å². The second-order valence-electron chi connectivity index (χ2n) is 11.8. The molecule has 1 fully saturated rings. The van der Waals surface area contributed by atoms with Crippen molar-refractivity contribution < 1.29 is 14.0 Å². The second kappa shape index (κ2) is 9.19. The topological polar surface area (TPSA) is 42.0 Å². The van der Waals surface area contributed by atoms with Crippen LogP contribution in [0.15, 0.2) is 18.2 Å². The monoisotopic (exact) mass is 480 g/mol. The summed E-state index contributed by atoms with van der Waals surface area (Å²) in [7, 11) is -1.92. The summed E-state index contributed by atoms with van der Waals surface area (Å²) in [5.74, 6) is 0. The highest BCUT2D eigenvalue weighted by molar-refractivity contribution is 6.74. The Kier molecular flexibility index (Phi) is 7.29. The number of ether oxygens (including phenoxy) is 1. The van der Waals surface area contributed by atoms with Crippen molar-refractivity contribution in [1.29, 1.82) is 0 Å². The SMILES string of the molecule is CC(C)(C)OC(=O)N1C[C@@H](N2CCCc3cc(Cl)ccc32)C[C@H]1CO[Si](C)(C)C(C)(C)C. The van der Waals surface area contributed by atoms with Gasteiger partial charge in [-0.25, -0.2) is 4.79 Å². The van der Waals surface area contributed by atoms with Crippen molar-refractivity contribution in [2.45, 2.75) is 96.6 Å². The number of hydrogen-bond acceptors (Lipinski definition) is 4. The van der Waals surface area contributed by atoms with Gasteiger partial charge in [0.25, 0.3) is 0 Å². The summed E-state index contributed by atoms with van der Waals surface area (Å²) >= 11 is 6.25. The summed E-state index contributed by atoms with van der Waals surface area (Å²) in [5.41, 5.74) is 2.03. The lowest BCUT2D eigenvalue weighted by atomic mass is 9.99. The van der Waals surface area contributed by atoms with Gasteiger partial charge in [-0.3, -0.25) is 0 Å². The van der Waals surface area contributed by atoms with E-state index in [0.717, 1.165) is 30.8 Å². The fourth-order valence-electron chi connectivity index (χ4n) is 4.32. The number of benzene rings is 1. The smallest absolute Gasteiger partial charge is 0.410 e. The molecule has 2 aliphatic rings. The zero-order valence-electron chi connectivity index (χ0n) is 21.1. The summed E-state index contributed by atoms with van der Waals surface area (Å²) in [6.07, 6.45) is 2.79. The number of anilines is 1. The highest BCUT2D eigenvalue weighted by Crippen LogP contribution is 2.38. The van der Waals surface area contributed by atoms with Gasteiger partial charge in [0.05, 0.1) is 12.6 Å². The van der Waals surface area contributed by atoms with Crippen LogP contribution in [0.2, 0.25) is 23.2 Å². The van der Waals surface area contributed by atoms with Crippen LogP contribution in [0.1, 0.15) is 59.9 Å². The molecule has 2 heterocycles. The van der Waals surface area contributed by atoms with Crippen LogP contribution in [0.4, 0.5) is 10.5 Å². The van der Waals surface area contributed by atoms with E-state index in [2.05, 4.69) is 50.9 Å². The number of carbonyl (C=O) groups excluding carboxylic acids is 1. The molecule has 2 aliphatic heterocycles. The number of fused-ring (bicyclic) bond motifs is 1. The van der Waals surface area contributed by atoms with E-state index in [9.17, 15) is 4.79 Å². The van der Waals surface area contributed by atoms with Crippen LogP contribution in [0.5, 0.6) is 0 Å². The van der Waals surface area contributed by atoms with Crippen LogP contribution < -0.4 is 4.90 Å². The Balaban J connectivity index is 1.81. The molecule has 1 aromatic carbocycles. The number of halogens is 1. The molecule has 5 nitrogen and oxygen atoms in total. The molecular formula is C25H41ClN2O3Si. The van der Waals surface area contributed by atoms with E-state index >= 15 is 0 Å². The summed E-state index contributed by atoms with van der Waals surface area (Å²) in [6.45, 7) is 19.3. The fraction of sp³-hybridized carbons (Fsp3) is 0.720. The van der Waals surface area contributed by atoms with Crippen LogP contribution in [0, 0.1) is 0 Å². The van der Waals surface area contributed by atoms with Gasteiger partial charge in [0.2, 0.25) is 0 Å². The van der Waals surface area contributed by atoms with E-state index in [1.165, 1.54) is 11.3 Å². The predicted octanol–water partition coefficient (Wildman–Crippen LogP) is 6.49. The van der Waals surface area contributed by atoms with Crippen molar-refractivity contribution in [3.63, 3.8) is 0 Å². The van der Waals surface area contributed by atoms with Gasteiger partial charge >= 0.3 is 6.09 Å². The molecule has 0 bridgehead atoms. The fourth-order valence-corrected chi connectivity index (χ4v) is 5.55. The molecule has 1 aromatic rings. The summed E-state index contributed by atoms with van der Waals surface area (Å²) in [6, 6.07) is 6.45. The first-order valence-electron chi connectivity index (χ1n) is 11.9. The van der Waals surface area contributed by atoms with E-state index < -0.39 is 13.9 Å². The van der Waals surface area contributed by atoms with Crippen LogP contribution in [-0.2, 0) is 15.6 Å². The molecular weight excluding hydrogens is 440 g/mol. The molecule has 1 amide bonds. The minimum atomic E-state index is -1.92. The lowest BCUT2D eigenvalue weighted by Crippen LogP contribution is -2.47. The lowest BCUT2D eigenvalue weighted by molar-refractivity contribution is 0.0180. The summed E-state index contributed by atoms with van der Waals surface area (Å²) in [4.78, 5) is 17.5. The molecule has 32 heavy (non-hydrogen) atoms. The van der Waals surface area contributed by atoms with Gasteiger partial charge in [-0.1, -0.05) is 32.4 Å². The van der Waals surface area contributed by atoms with Crippen LogP contribution in [0.25, 0.3) is 0 Å². The molecule has 0 saturated carbocycles. The first-order chi connectivity index (χ1) is 14.7. The zero-order chi connectivity index (χ0) is 23.9. The Morgan fingerprint density at radius 3 is 2.50 bits per heavy atom. The molecule has 7 heteroatoms. The molecule has 1 saturated heterocycles. The minimum absolute atomic E-state index is 0.0154. The average Bonchev–Trinajstić information content (AvgIpc) is 3.08. The third-order valence-electron chi connectivity index (χ3n) is 7.10. The van der Waals surface area contributed by atoms with Gasteiger partial charge in [0.1, 0.15) is 5.60 Å². The largest absolute Gasteiger partial charge is 0.444 e. The highest BCUT2D eigenvalue weighted by Gasteiger charge is 2.43. The summed E-state index contributed by atoms with van der Waals surface area (Å²) in [5, 5.41) is 0.917. The average molecular weight is 481 g/mol. The lowest BCUT2D eigenvalue weighted by Gasteiger charge is -2.38. The number of nitrogens with zero attached hydrogens (tertiary/aromatic N) is 2. The number of aryl methyl sites for hydroxylation is 1.